The zero-order valence-electron chi connectivity index (χ0n) is 17.0. The molecule has 4 rings (SSSR count). The first-order chi connectivity index (χ1) is 15.0. The lowest BCUT2D eigenvalue weighted by atomic mass is 10.2. The standard InChI is InChI=1S/C22H22N2O6S/c1-28-18-10-9-17(13-20(18)31(26,27)24-11-5-6-12-24)22(25)29-15-21-23-14-19(30-21)16-7-3-2-4-8-16/h2-4,7-10,13-14H,5-6,11-12,15H2,1H3. The minimum absolute atomic E-state index is 0.0474. The Balaban J connectivity index is 1.49. The normalized spacial score (nSPS) is 14.5. The van der Waals surface area contributed by atoms with Crippen molar-refractivity contribution in [2.45, 2.75) is 24.3 Å². The quantitative estimate of drug-likeness (QED) is 0.517. The van der Waals surface area contributed by atoms with Crippen LogP contribution in [0.25, 0.3) is 11.3 Å². The lowest BCUT2D eigenvalue weighted by Gasteiger charge is -2.18. The summed E-state index contributed by atoms with van der Waals surface area (Å²) in [5, 5.41) is 0. The molecule has 0 aliphatic carbocycles. The van der Waals surface area contributed by atoms with E-state index in [1.54, 1.807) is 6.20 Å². The fourth-order valence-electron chi connectivity index (χ4n) is 3.40. The summed E-state index contributed by atoms with van der Waals surface area (Å²) in [6.07, 6.45) is 3.18. The summed E-state index contributed by atoms with van der Waals surface area (Å²) in [6.45, 7) is 0.730. The van der Waals surface area contributed by atoms with E-state index in [0.29, 0.717) is 18.8 Å². The summed E-state index contributed by atoms with van der Waals surface area (Å²) in [4.78, 5) is 16.6. The molecule has 0 bridgehead atoms. The first kappa shape index (κ1) is 21.1. The number of hydrogen-bond acceptors (Lipinski definition) is 7. The molecule has 9 heteroatoms. The van der Waals surface area contributed by atoms with Gasteiger partial charge in [-0.15, -0.1) is 0 Å². The third-order valence-corrected chi connectivity index (χ3v) is 6.94. The minimum Gasteiger partial charge on any atom is -0.495 e. The highest BCUT2D eigenvalue weighted by Gasteiger charge is 2.31. The molecule has 0 spiro atoms. The molecule has 1 saturated heterocycles. The zero-order valence-corrected chi connectivity index (χ0v) is 17.8. The van der Waals surface area contributed by atoms with Gasteiger partial charge in [0.1, 0.15) is 10.6 Å². The largest absolute Gasteiger partial charge is 0.495 e. The number of nitrogens with zero attached hydrogens (tertiary/aromatic N) is 2. The summed E-state index contributed by atoms with van der Waals surface area (Å²) in [6, 6.07) is 13.7. The summed E-state index contributed by atoms with van der Waals surface area (Å²) >= 11 is 0. The van der Waals surface area contributed by atoms with Crippen LogP contribution in [0, 0.1) is 0 Å². The van der Waals surface area contributed by atoms with E-state index in [1.165, 1.54) is 29.6 Å². The molecular weight excluding hydrogens is 420 g/mol. The molecular formula is C22H22N2O6S. The Labute approximate surface area is 180 Å². The molecule has 2 heterocycles. The molecule has 1 aliphatic rings. The molecule has 0 amide bonds. The van der Waals surface area contributed by atoms with Crippen molar-refractivity contribution < 1.29 is 27.1 Å². The van der Waals surface area contributed by atoms with Crippen molar-refractivity contribution in [3.8, 4) is 17.1 Å². The number of benzene rings is 2. The predicted octanol–water partition coefficient (Wildman–Crippen LogP) is 3.49. The molecule has 1 aliphatic heterocycles. The van der Waals surface area contributed by atoms with E-state index in [9.17, 15) is 13.2 Å². The van der Waals surface area contributed by atoms with Gasteiger partial charge < -0.3 is 13.9 Å². The first-order valence-corrected chi connectivity index (χ1v) is 11.3. The molecule has 2 aromatic carbocycles. The summed E-state index contributed by atoms with van der Waals surface area (Å²) < 4.78 is 43.5. The number of oxazole rings is 1. The molecule has 0 atom stereocenters. The van der Waals surface area contributed by atoms with E-state index in [1.807, 2.05) is 30.3 Å². The van der Waals surface area contributed by atoms with Crippen LogP contribution < -0.4 is 4.74 Å². The summed E-state index contributed by atoms with van der Waals surface area (Å²) in [5.74, 6) is 0.310. The summed E-state index contributed by atoms with van der Waals surface area (Å²) in [5.41, 5.74) is 0.966. The van der Waals surface area contributed by atoms with Gasteiger partial charge in [-0.25, -0.2) is 18.2 Å². The number of carbonyl (C=O) groups excluding carboxylic acids is 1. The highest BCUT2D eigenvalue weighted by Crippen LogP contribution is 2.30. The van der Waals surface area contributed by atoms with Gasteiger partial charge in [0, 0.05) is 18.7 Å². The second-order valence-electron chi connectivity index (χ2n) is 7.04. The van der Waals surface area contributed by atoms with Crippen LogP contribution in [-0.4, -0.2) is 43.9 Å². The third-order valence-electron chi connectivity index (χ3n) is 5.02. The van der Waals surface area contributed by atoms with Crippen LogP contribution >= 0.6 is 0 Å². The van der Waals surface area contributed by atoms with Crippen molar-refractivity contribution >= 4 is 16.0 Å². The van der Waals surface area contributed by atoms with Crippen molar-refractivity contribution in [3.63, 3.8) is 0 Å². The predicted molar refractivity (Wildman–Crippen MR) is 112 cm³/mol. The van der Waals surface area contributed by atoms with Crippen LogP contribution in [0.5, 0.6) is 5.75 Å². The van der Waals surface area contributed by atoms with Gasteiger partial charge in [0.25, 0.3) is 0 Å². The molecule has 162 valence electrons. The van der Waals surface area contributed by atoms with Gasteiger partial charge in [0.15, 0.2) is 12.4 Å². The van der Waals surface area contributed by atoms with Gasteiger partial charge in [-0.1, -0.05) is 30.3 Å². The second-order valence-corrected chi connectivity index (χ2v) is 8.94. The van der Waals surface area contributed by atoms with Gasteiger partial charge in [-0.3, -0.25) is 0 Å². The monoisotopic (exact) mass is 442 g/mol. The fraction of sp³-hybridized carbons (Fsp3) is 0.273. The van der Waals surface area contributed by atoms with Gasteiger partial charge in [0.2, 0.25) is 15.9 Å². The Hall–Kier alpha value is -3.17. The van der Waals surface area contributed by atoms with Gasteiger partial charge in [-0.05, 0) is 31.0 Å². The van der Waals surface area contributed by atoms with Crippen LogP contribution in [0.3, 0.4) is 0 Å². The third kappa shape index (κ3) is 4.47. The van der Waals surface area contributed by atoms with Crippen molar-refractivity contribution in [3.05, 3.63) is 66.2 Å². The number of ether oxygens (including phenoxy) is 2. The van der Waals surface area contributed by atoms with E-state index >= 15 is 0 Å². The number of hydrogen-bond donors (Lipinski definition) is 0. The van der Waals surface area contributed by atoms with Crippen LogP contribution in [0.15, 0.2) is 64.0 Å². The van der Waals surface area contributed by atoms with E-state index in [4.69, 9.17) is 13.9 Å². The van der Waals surface area contributed by atoms with Crippen LogP contribution in [-0.2, 0) is 21.4 Å². The van der Waals surface area contributed by atoms with E-state index in [0.717, 1.165) is 18.4 Å². The average molecular weight is 442 g/mol. The Bertz CT molecular complexity index is 1170. The lowest BCUT2D eigenvalue weighted by molar-refractivity contribution is 0.0438. The molecule has 0 unspecified atom stereocenters. The average Bonchev–Trinajstić information content (AvgIpc) is 3.50. The number of rotatable bonds is 7. The molecule has 0 radical (unpaired) electrons. The van der Waals surface area contributed by atoms with Crippen molar-refractivity contribution in [1.29, 1.82) is 0 Å². The molecule has 0 N–H and O–H groups in total. The first-order valence-electron chi connectivity index (χ1n) is 9.84. The topological polar surface area (TPSA) is 98.9 Å². The Morgan fingerprint density at radius 1 is 1.13 bits per heavy atom. The molecule has 31 heavy (non-hydrogen) atoms. The number of carbonyl (C=O) groups is 1. The zero-order chi connectivity index (χ0) is 21.8. The maximum Gasteiger partial charge on any atom is 0.338 e. The van der Waals surface area contributed by atoms with Crippen molar-refractivity contribution in [1.82, 2.24) is 9.29 Å². The molecule has 3 aromatic rings. The number of sulfonamides is 1. The smallest absolute Gasteiger partial charge is 0.338 e. The van der Waals surface area contributed by atoms with Crippen LogP contribution in [0.1, 0.15) is 29.1 Å². The van der Waals surface area contributed by atoms with Gasteiger partial charge >= 0.3 is 5.97 Å². The van der Waals surface area contributed by atoms with Gasteiger partial charge in [0.05, 0.1) is 18.9 Å². The maximum absolute atomic E-state index is 13.0. The molecule has 8 nitrogen and oxygen atoms in total. The second kappa shape index (κ2) is 8.91. The highest BCUT2D eigenvalue weighted by atomic mass is 32.2. The van der Waals surface area contributed by atoms with Gasteiger partial charge in [-0.2, -0.15) is 4.31 Å². The molecule has 1 fully saturated rings. The number of methoxy groups -OCH3 is 1. The van der Waals surface area contributed by atoms with E-state index < -0.39 is 16.0 Å². The lowest BCUT2D eigenvalue weighted by Crippen LogP contribution is -2.28. The van der Waals surface area contributed by atoms with E-state index in [-0.39, 0.29) is 28.7 Å². The van der Waals surface area contributed by atoms with Crippen LogP contribution in [0.4, 0.5) is 0 Å². The van der Waals surface area contributed by atoms with E-state index in [2.05, 4.69) is 4.98 Å². The number of aromatic nitrogens is 1. The highest BCUT2D eigenvalue weighted by molar-refractivity contribution is 7.89. The fourth-order valence-corrected chi connectivity index (χ4v) is 5.09. The Morgan fingerprint density at radius 2 is 1.87 bits per heavy atom. The SMILES string of the molecule is COc1ccc(C(=O)OCc2ncc(-c3ccccc3)o2)cc1S(=O)(=O)N1CCCC1. The molecule has 0 saturated carbocycles. The summed E-state index contributed by atoms with van der Waals surface area (Å²) in [7, 11) is -2.37. The number of esters is 1. The van der Waals surface area contributed by atoms with Crippen molar-refractivity contribution in [2.75, 3.05) is 20.2 Å². The molecule has 1 aromatic heterocycles. The maximum atomic E-state index is 13.0. The minimum atomic E-state index is -3.76. The Morgan fingerprint density at radius 3 is 2.58 bits per heavy atom. The van der Waals surface area contributed by atoms with Crippen LogP contribution in [0.2, 0.25) is 0 Å². The van der Waals surface area contributed by atoms with Crippen molar-refractivity contribution in [2.24, 2.45) is 0 Å². The Kier molecular flexibility index (Phi) is 6.06.